The second kappa shape index (κ2) is 8.41. The second-order valence-electron chi connectivity index (χ2n) is 7.64. The van der Waals surface area contributed by atoms with Crippen molar-refractivity contribution in [2.24, 2.45) is 0 Å². The van der Waals surface area contributed by atoms with E-state index in [1.54, 1.807) is 23.5 Å². The summed E-state index contributed by atoms with van der Waals surface area (Å²) in [6, 6.07) is 8.62. The highest BCUT2D eigenvalue weighted by molar-refractivity contribution is 7.15. The third kappa shape index (κ3) is 4.70. The van der Waals surface area contributed by atoms with E-state index in [1.807, 2.05) is 6.92 Å². The first-order valence-corrected chi connectivity index (χ1v) is 10.7. The third-order valence-corrected chi connectivity index (χ3v) is 5.96. The Balaban J connectivity index is 1.39. The van der Waals surface area contributed by atoms with E-state index in [2.05, 4.69) is 44.9 Å². The monoisotopic (exact) mass is 412 g/mol. The van der Waals surface area contributed by atoms with Gasteiger partial charge in [-0.1, -0.05) is 37.3 Å². The first kappa shape index (κ1) is 19.7. The Kier molecular flexibility index (Phi) is 5.71. The van der Waals surface area contributed by atoms with Crippen LogP contribution in [0.15, 0.2) is 30.3 Å². The van der Waals surface area contributed by atoms with Crippen molar-refractivity contribution >= 4 is 22.3 Å². The van der Waals surface area contributed by atoms with Crippen molar-refractivity contribution in [3.63, 3.8) is 0 Å². The van der Waals surface area contributed by atoms with Gasteiger partial charge in [0.15, 0.2) is 0 Å². The third-order valence-electron chi connectivity index (χ3n) is 4.97. The van der Waals surface area contributed by atoms with Crippen LogP contribution in [0.2, 0.25) is 0 Å². The van der Waals surface area contributed by atoms with E-state index >= 15 is 0 Å². The molecule has 1 fully saturated rings. The van der Waals surface area contributed by atoms with Gasteiger partial charge in [0.1, 0.15) is 22.5 Å². The van der Waals surface area contributed by atoms with Gasteiger partial charge in [0.25, 0.3) is 0 Å². The molecule has 3 aromatic rings. The Labute approximate surface area is 174 Å². The molecule has 0 amide bonds. The summed E-state index contributed by atoms with van der Waals surface area (Å²) < 4.78 is 13.1. The van der Waals surface area contributed by atoms with Crippen molar-refractivity contribution in [3.05, 3.63) is 58.2 Å². The molecule has 4 rings (SSSR count). The lowest BCUT2D eigenvalue weighted by Crippen LogP contribution is -2.47. The van der Waals surface area contributed by atoms with Gasteiger partial charge in [-0.2, -0.15) is 0 Å². The zero-order valence-corrected chi connectivity index (χ0v) is 17.8. The van der Waals surface area contributed by atoms with Gasteiger partial charge in [0.2, 0.25) is 5.13 Å². The van der Waals surface area contributed by atoms with Crippen molar-refractivity contribution in [2.75, 3.05) is 36.0 Å². The number of aromatic nitrogens is 4. The van der Waals surface area contributed by atoms with E-state index in [9.17, 15) is 4.39 Å². The molecule has 0 spiro atoms. The van der Waals surface area contributed by atoms with Crippen LogP contribution in [0, 0.1) is 12.7 Å². The highest BCUT2D eigenvalue weighted by atomic mass is 32.1. The average Bonchev–Trinajstić information content (AvgIpc) is 3.18. The van der Waals surface area contributed by atoms with Crippen LogP contribution in [0.3, 0.4) is 0 Å². The molecule has 2 aromatic heterocycles. The number of anilines is 2. The van der Waals surface area contributed by atoms with Crippen molar-refractivity contribution in [2.45, 2.75) is 33.1 Å². The highest BCUT2D eigenvalue weighted by Crippen LogP contribution is 2.25. The summed E-state index contributed by atoms with van der Waals surface area (Å²) >= 11 is 1.61. The Hall–Kier alpha value is -2.61. The van der Waals surface area contributed by atoms with Crippen LogP contribution in [0.25, 0.3) is 0 Å². The van der Waals surface area contributed by atoms with Crippen LogP contribution in [0.5, 0.6) is 0 Å². The number of hydrogen-bond acceptors (Lipinski definition) is 7. The quantitative estimate of drug-likeness (QED) is 0.635. The van der Waals surface area contributed by atoms with Gasteiger partial charge in [-0.05, 0) is 24.6 Å². The summed E-state index contributed by atoms with van der Waals surface area (Å²) in [7, 11) is 0. The minimum absolute atomic E-state index is 0.219. The first-order valence-electron chi connectivity index (χ1n) is 9.90. The number of halogens is 1. The molecule has 152 valence electrons. The van der Waals surface area contributed by atoms with Crippen molar-refractivity contribution in [1.29, 1.82) is 0 Å². The van der Waals surface area contributed by atoms with Gasteiger partial charge in [-0.15, -0.1) is 10.2 Å². The summed E-state index contributed by atoms with van der Waals surface area (Å²) in [5, 5.41) is 10.6. The Bertz CT molecular complexity index is 964. The molecule has 0 aliphatic carbocycles. The largest absolute Gasteiger partial charge is 0.353 e. The summed E-state index contributed by atoms with van der Waals surface area (Å²) in [6.45, 7) is 9.81. The van der Waals surface area contributed by atoms with Crippen molar-refractivity contribution in [1.82, 2.24) is 20.2 Å². The van der Waals surface area contributed by atoms with Crippen LogP contribution in [0.1, 0.15) is 41.9 Å². The van der Waals surface area contributed by atoms with E-state index < -0.39 is 0 Å². The Morgan fingerprint density at radius 1 is 1.00 bits per heavy atom. The molecule has 0 bridgehead atoms. The van der Waals surface area contributed by atoms with Crippen LogP contribution in [0.4, 0.5) is 15.3 Å². The summed E-state index contributed by atoms with van der Waals surface area (Å²) in [6.07, 6.45) is 0.677. The standard InChI is InChI=1S/C21H25FN6S/c1-14(2)20-23-15(3)12-18(24-20)27-8-10-28(11-9-27)21-26-25-19(29-21)13-16-4-6-17(22)7-5-16/h4-7,12,14H,8-11,13H2,1-3H3. The molecule has 0 unspecified atom stereocenters. The molecule has 6 nitrogen and oxygen atoms in total. The van der Waals surface area contributed by atoms with Gasteiger partial charge >= 0.3 is 0 Å². The number of aryl methyl sites for hydroxylation is 1. The van der Waals surface area contributed by atoms with Crippen LogP contribution in [-0.2, 0) is 6.42 Å². The van der Waals surface area contributed by atoms with Gasteiger partial charge in [0, 0.05) is 50.3 Å². The predicted molar refractivity (Wildman–Crippen MR) is 114 cm³/mol. The predicted octanol–water partition coefficient (Wildman–Crippen LogP) is 3.82. The summed E-state index contributed by atoms with van der Waals surface area (Å²) in [4.78, 5) is 13.9. The maximum atomic E-state index is 13.1. The molecule has 0 N–H and O–H groups in total. The zero-order chi connectivity index (χ0) is 20.4. The Morgan fingerprint density at radius 3 is 2.38 bits per heavy atom. The maximum Gasteiger partial charge on any atom is 0.208 e. The molecule has 0 saturated carbocycles. The molecule has 0 atom stereocenters. The minimum atomic E-state index is -0.219. The molecule has 1 aromatic carbocycles. The smallest absolute Gasteiger partial charge is 0.208 e. The first-order chi connectivity index (χ1) is 14.0. The molecule has 1 aliphatic heterocycles. The molecule has 1 saturated heterocycles. The molecule has 3 heterocycles. The lowest BCUT2D eigenvalue weighted by molar-refractivity contribution is 0.627. The topological polar surface area (TPSA) is 58.0 Å². The fourth-order valence-electron chi connectivity index (χ4n) is 3.34. The SMILES string of the molecule is Cc1cc(N2CCN(c3nnc(Cc4ccc(F)cc4)s3)CC2)nc(C(C)C)n1. The number of piperazine rings is 1. The number of nitrogens with zero attached hydrogens (tertiary/aromatic N) is 6. The zero-order valence-electron chi connectivity index (χ0n) is 17.0. The van der Waals surface area contributed by atoms with Crippen LogP contribution in [-0.4, -0.2) is 46.3 Å². The van der Waals surface area contributed by atoms with Gasteiger partial charge < -0.3 is 9.80 Å². The van der Waals surface area contributed by atoms with Crippen LogP contribution < -0.4 is 9.80 Å². The minimum Gasteiger partial charge on any atom is -0.353 e. The summed E-state index contributed by atoms with van der Waals surface area (Å²) in [5.74, 6) is 2.01. The van der Waals surface area contributed by atoms with Gasteiger partial charge in [0.05, 0.1) is 0 Å². The Morgan fingerprint density at radius 2 is 1.69 bits per heavy atom. The normalized spacial score (nSPS) is 14.7. The molecule has 1 aliphatic rings. The number of rotatable bonds is 5. The maximum absolute atomic E-state index is 13.1. The van der Waals surface area contributed by atoms with Crippen LogP contribution >= 0.6 is 11.3 Å². The van der Waals surface area contributed by atoms with E-state index in [1.165, 1.54) is 12.1 Å². The van der Waals surface area contributed by atoms with Crippen molar-refractivity contribution < 1.29 is 4.39 Å². The molecule has 0 radical (unpaired) electrons. The number of benzene rings is 1. The van der Waals surface area contributed by atoms with E-state index in [0.29, 0.717) is 12.3 Å². The van der Waals surface area contributed by atoms with E-state index in [4.69, 9.17) is 4.98 Å². The fourth-order valence-corrected chi connectivity index (χ4v) is 4.27. The van der Waals surface area contributed by atoms with Gasteiger partial charge in [-0.3, -0.25) is 0 Å². The van der Waals surface area contributed by atoms with E-state index in [0.717, 1.165) is 59.2 Å². The van der Waals surface area contributed by atoms with Gasteiger partial charge in [-0.25, -0.2) is 14.4 Å². The molecule has 29 heavy (non-hydrogen) atoms. The summed E-state index contributed by atoms with van der Waals surface area (Å²) in [5.41, 5.74) is 2.05. The molecular formula is C21H25FN6S. The lowest BCUT2D eigenvalue weighted by Gasteiger charge is -2.35. The molecular weight excluding hydrogens is 387 g/mol. The highest BCUT2D eigenvalue weighted by Gasteiger charge is 2.22. The van der Waals surface area contributed by atoms with Crippen molar-refractivity contribution in [3.8, 4) is 0 Å². The molecule has 8 heteroatoms. The number of hydrogen-bond donors (Lipinski definition) is 0. The van der Waals surface area contributed by atoms with E-state index in [-0.39, 0.29) is 5.82 Å². The second-order valence-corrected chi connectivity index (χ2v) is 8.68. The fraction of sp³-hybridized carbons (Fsp3) is 0.429. The lowest BCUT2D eigenvalue weighted by atomic mass is 10.2. The average molecular weight is 413 g/mol.